The minimum Gasteiger partial charge on any atom is -0.494 e. The summed E-state index contributed by atoms with van der Waals surface area (Å²) < 4.78 is 31.9. The highest BCUT2D eigenvalue weighted by Crippen LogP contribution is 2.29. The van der Waals surface area contributed by atoms with Gasteiger partial charge in [-0.2, -0.15) is 0 Å². The Kier molecular flexibility index (Phi) is 2.87. The fourth-order valence-corrected chi connectivity index (χ4v) is 1.86. The van der Waals surface area contributed by atoms with Crippen LogP contribution in [-0.2, 0) is 0 Å². The third kappa shape index (κ3) is 1.90. The molecule has 0 bridgehead atoms. The van der Waals surface area contributed by atoms with Crippen LogP contribution in [0, 0.1) is 11.6 Å². The third-order valence-electron chi connectivity index (χ3n) is 2.86. The average molecular weight is 242 g/mol. The summed E-state index contributed by atoms with van der Waals surface area (Å²) in [6.07, 6.45) is 0. The molecule has 1 saturated heterocycles. The maximum absolute atomic E-state index is 13.8. The Labute approximate surface area is 97.2 Å². The van der Waals surface area contributed by atoms with E-state index in [0.29, 0.717) is 0 Å². The molecule has 4 nitrogen and oxygen atoms in total. The van der Waals surface area contributed by atoms with Crippen LogP contribution in [0.15, 0.2) is 12.1 Å². The number of hydrogen-bond donors (Lipinski definition) is 1. The second-order valence-corrected chi connectivity index (χ2v) is 3.82. The molecule has 1 aromatic rings. The van der Waals surface area contributed by atoms with Crippen molar-refractivity contribution >= 4 is 6.03 Å². The van der Waals surface area contributed by atoms with Crippen LogP contribution in [0.1, 0.15) is 11.6 Å². The Morgan fingerprint density at radius 3 is 2.65 bits per heavy atom. The number of benzene rings is 1. The van der Waals surface area contributed by atoms with Crippen molar-refractivity contribution < 1.29 is 18.3 Å². The predicted octanol–water partition coefficient (Wildman–Crippen LogP) is 1.67. The first-order valence-corrected chi connectivity index (χ1v) is 5.08. The molecule has 17 heavy (non-hydrogen) atoms. The Hall–Kier alpha value is -1.85. The van der Waals surface area contributed by atoms with Crippen LogP contribution in [-0.4, -0.2) is 31.6 Å². The number of amides is 2. The number of halogens is 2. The zero-order valence-electron chi connectivity index (χ0n) is 9.46. The van der Waals surface area contributed by atoms with Crippen molar-refractivity contribution in [3.05, 3.63) is 29.3 Å². The van der Waals surface area contributed by atoms with Gasteiger partial charge in [-0.3, -0.25) is 0 Å². The molecule has 1 heterocycles. The number of carbonyl (C=O) groups excluding carboxylic acids is 1. The van der Waals surface area contributed by atoms with Crippen molar-refractivity contribution in [2.45, 2.75) is 6.04 Å². The lowest BCUT2D eigenvalue weighted by Crippen LogP contribution is -2.25. The van der Waals surface area contributed by atoms with E-state index >= 15 is 0 Å². The molecule has 0 aromatic heterocycles. The summed E-state index contributed by atoms with van der Waals surface area (Å²) in [5.74, 6) is -1.38. The standard InChI is InChI=1S/C11H12F2N2O2/c1-15-9(5-14-11(15)16)6-3-8(13)10(17-2)4-7(6)12/h3-4,9H,5H2,1-2H3,(H,14,16). The Bertz CT molecular complexity index is 465. The minimum atomic E-state index is -0.642. The van der Waals surface area contributed by atoms with Gasteiger partial charge in [-0.15, -0.1) is 0 Å². The maximum atomic E-state index is 13.8. The van der Waals surface area contributed by atoms with Gasteiger partial charge in [0.15, 0.2) is 11.6 Å². The summed E-state index contributed by atoms with van der Waals surface area (Å²) in [7, 11) is 2.80. The molecule has 0 radical (unpaired) electrons. The molecule has 1 fully saturated rings. The predicted molar refractivity (Wildman–Crippen MR) is 56.8 cm³/mol. The molecule has 2 amide bonds. The highest BCUT2D eigenvalue weighted by molar-refractivity contribution is 5.76. The maximum Gasteiger partial charge on any atom is 0.317 e. The largest absolute Gasteiger partial charge is 0.494 e. The van der Waals surface area contributed by atoms with E-state index in [-0.39, 0.29) is 23.9 Å². The molecular weight excluding hydrogens is 230 g/mol. The van der Waals surface area contributed by atoms with E-state index < -0.39 is 17.7 Å². The van der Waals surface area contributed by atoms with Crippen molar-refractivity contribution in [1.29, 1.82) is 0 Å². The van der Waals surface area contributed by atoms with Gasteiger partial charge in [-0.25, -0.2) is 13.6 Å². The Balaban J connectivity index is 2.39. The van der Waals surface area contributed by atoms with Crippen molar-refractivity contribution in [3.63, 3.8) is 0 Å². The molecule has 0 aliphatic carbocycles. The van der Waals surface area contributed by atoms with Crippen molar-refractivity contribution in [2.24, 2.45) is 0 Å². The zero-order chi connectivity index (χ0) is 12.6. The van der Waals surface area contributed by atoms with Crippen LogP contribution < -0.4 is 10.1 Å². The van der Waals surface area contributed by atoms with E-state index in [4.69, 9.17) is 0 Å². The number of methoxy groups -OCH3 is 1. The summed E-state index contributed by atoms with van der Waals surface area (Å²) in [5, 5.41) is 2.56. The van der Waals surface area contributed by atoms with Gasteiger partial charge in [0.2, 0.25) is 0 Å². The highest BCUT2D eigenvalue weighted by Gasteiger charge is 2.31. The molecule has 1 unspecified atom stereocenters. The molecule has 92 valence electrons. The van der Waals surface area contributed by atoms with E-state index in [2.05, 4.69) is 10.1 Å². The van der Waals surface area contributed by atoms with Gasteiger partial charge in [0, 0.05) is 25.2 Å². The van der Waals surface area contributed by atoms with Gasteiger partial charge in [-0.1, -0.05) is 0 Å². The van der Waals surface area contributed by atoms with E-state index in [9.17, 15) is 13.6 Å². The van der Waals surface area contributed by atoms with Gasteiger partial charge >= 0.3 is 6.03 Å². The highest BCUT2D eigenvalue weighted by atomic mass is 19.1. The Morgan fingerprint density at radius 1 is 1.41 bits per heavy atom. The number of nitrogens with zero attached hydrogens (tertiary/aromatic N) is 1. The molecule has 1 N–H and O–H groups in total. The van der Waals surface area contributed by atoms with Crippen LogP contribution in [0.2, 0.25) is 0 Å². The van der Waals surface area contributed by atoms with Crippen LogP contribution >= 0.6 is 0 Å². The van der Waals surface area contributed by atoms with E-state index in [1.54, 1.807) is 0 Å². The first-order valence-electron chi connectivity index (χ1n) is 5.08. The first-order chi connectivity index (χ1) is 8.04. The van der Waals surface area contributed by atoms with Crippen molar-refractivity contribution in [1.82, 2.24) is 10.2 Å². The zero-order valence-corrected chi connectivity index (χ0v) is 9.46. The molecular formula is C11H12F2N2O2. The van der Waals surface area contributed by atoms with Crippen LogP contribution in [0.4, 0.5) is 13.6 Å². The fraction of sp³-hybridized carbons (Fsp3) is 0.364. The molecule has 2 rings (SSSR count). The average Bonchev–Trinajstić information content (AvgIpc) is 2.63. The van der Waals surface area contributed by atoms with Gasteiger partial charge in [0.05, 0.1) is 13.2 Å². The number of likely N-dealkylation sites (N-methyl/N-ethyl adjacent to an activating group) is 1. The lowest BCUT2D eigenvalue weighted by Gasteiger charge is -2.19. The second-order valence-electron chi connectivity index (χ2n) is 3.82. The third-order valence-corrected chi connectivity index (χ3v) is 2.86. The summed E-state index contributed by atoms with van der Waals surface area (Å²) in [6.45, 7) is 0.262. The number of urea groups is 1. The summed E-state index contributed by atoms with van der Waals surface area (Å²) in [6, 6.07) is 1.25. The van der Waals surface area contributed by atoms with E-state index in [1.807, 2.05) is 0 Å². The minimum absolute atomic E-state index is 0.143. The summed E-state index contributed by atoms with van der Waals surface area (Å²) >= 11 is 0. The van der Waals surface area contributed by atoms with Gasteiger partial charge in [0.25, 0.3) is 0 Å². The lowest BCUT2D eigenvalue weighted by atomic mass is 10.1. The van der Waals surface area contributed by atoms with Gasteiger partial charge in [-0.05, 0) is 6.07 Å². The van der Waals surface area contributed by atoms with Crippen LogP contribution in [0.3, 0.4) is 0 Å². The number of rotatable bonds is 2. The SMILES string of the molecule is COc1cc(F)c(C2CNC(=O)N2C)cc1F. The lowest BCUT2D eigenvalue weighted by molar-refractivity contribution is 0.216. The second kappa shape index (κ2) is 4.20. The number of ether oxygens (including phenoxy) is 1. The van der Waals surface area contributed by atoms with E-state index in [0.717, 1.165) is 12.1 Å². The van der Waals surface area contributed by atoms with Gasteiger partial charge in [0.1, 0.15) is 5.82 Å². The smallest absolute Gasteiger partial charge is 0.317 e. The topological polar surface area (TPSA) is 41.6 Å². The molecule has 1 aliphatic heterocycles. The number of nitrogens with one attached hydrogen (secondary N) is 1. The van der Waals surface area contributed by atoms with Crippen molar-refractivity contribution in [3.8, 4) is 5.75 Å². The van der Waals surface area contributed by atoms with Gasteiger partial charge < -0.3 is 15.0 Å². The number of carbonyl (C=O) groups is 1. The van der Waals surface area contributed by atoms with E-state index in [1.165, 1.54) is 19.1 Å². The summed E-state index contributed by atoms with van der Waals surface area (Å²) in [5.41, 5.74) is 0.143. The summed E-state index contributed by atoms with van der Waals surface area (Å²) in [4.78, 5) is 12.6. The molecule has 0 saturated carbocycles. The molecule has 6 heteroatoms. The molecule has 1 atom stereocenters. The normalized spacial score (nSPS) is 19.4. The molecule has 0 spiro atoms. The molecule has 1 aromatic carbocycles. The quantitative estimate of drug-likeness (QED) is 0.857. The molecule has 1 aliphatic rings. The van der Waals surface area contributed by atoms with Crippen molar-refractivity contribution in [2.75, 3.05) is 20.7 Å². The van der Waals surface area contributed by atoms with Crippen LogP contribution in [0.5, 0.6) is 5.75 Å². The first kappa shape index (κ1) is 11.6. The monoisotopic (exact) mass is 242 g/mol. The Morgan fingerprint density at radius 2 is 2.12 bits per heavy atom. The number of hydrogen-bond acceptors (Lipinski definition) is 2. The van der Waals surface area contributed by atoms with Crippen LogP contribution in [0.25, 0.3) is 0 Å². The fourth-order valence-electron chi connectivity index (χ4n) is 1.86.